The summed E-state index contributed by atoms with van der Waals surface area (Å²) in [6.45, 7) is 1.18. The molecule has 2 amide bonds. The van der Waals surface area contributed by atoms with E-state index in [-0.39, 0.29) is 12.5 Å². The largest absolute Gasteiger partial charge is 0.495 e. The Balaban J connectivity index is 2.26. The van der Waals surface area contributed by atoms with Crippen molar-refractivity contribution in [3.8, 4) is 17.2 Å². The molecular weight excluding hydrogens is 372 g/mol. The summed E-state index contributed by atoms with van der Waals surface area (Å²) in [6.07, 6.45) is 0. The number of hydrogen-bond acceptors (Lipinski definition) is 5. The SMILES string of the molecule is COc1cc(NC(=O)CN(C(C)=O)c2ccccc2OC)c(OC)cc1Cl. The van der Waals surface area contributed by atoms with E-state index < -0.39 is 5.91 Å². The van der Waals surface area contributed by atoms with Crippen molar-refractivity contribution < 1.29 is 23.8 Å². The first-order chi connectivity index (χ1) is 12.9. The number of carbonyl (C=O) groups excluding carboxylic acids is 2. The van der Waals surface area contributed by atoms with E-state index in [1.165, 1.54) is 33.2 Å². The third kappa shape index (κ3) is 4.83. The number of carbonyl (C=O) groups is 2. The average molecular weight is 393 g/mol. The molecule has 2 aromatic carbocycles. The molecule has 0 aromatic heterocycles. The summed E-state index contributed by atoms with van der Waals surface area (Å²) in [6, 6.07) is 10.1. The van der Waals surface area contributed by atoms with Crippen LogP contribution in [0.4, 0.5) is 11.4 Å². The molecule has 2 rings (SSSR count). The Hall–Kier alpha value is -2.93. The minimum absolute atomic E-state index is 0.205. The Labute approximate surface area is 162 Å². The fraction of sp³-hybridized carbons (Fsp3) is 0.263. The topological polar surface area (TPSA) is 77.1 Å². The molecule has 0 aliphatic heterocycles. The number of benzene rings is 2. The Kier molecular flexibility index (Phi) is 6.90. The third-order valence-corrected chi connectivity index (χ3v) is 4.10. The van der Waals surface area contributed by atoms with Gasteiger partial charge in [0.05, 0.1) is 37.7 Å². The van der Waals surface area contributed by atoms with Gasteiger partial charge in [0.15, 0.2) is 0 Å². The van der Waals surface area contributed by atoms with Gasteiger partial charge in [0, 0.05) is 19.1 Å². The van der Waals surface area contributed by atoms with Gasteiger partial charge in [-0.1, -0.05) is 23.7 Å². The molecule has 0 fully saturated rings. The number of anilines is 2. The van der Waals surface area contributed by atoms with Crippen LogP contribution in [-0.4, -0.2) is 39.7 Å². The van der Waals surface area contributed by atoms with Gasteiger partial charge >= 0.3 is 0 Å². The zero-order valence-corrected chi connectivity index (χ0v) is 16.3. The molecule has 0 heterocycles. The van der Waals surface area contributed by atoms with Crippen LogP contribution in [-0.2, 0) is 9.59 Å². The predicted molar refractivity (Wildman–Crippen MR) is 104 cm³/mol. The molecule has 144 valence electrons. The normalized spacial score (nSPS) is 10.1. The Morgan fingerprint density at radius 2 is 1.63 bits per heavy atom. The first kappa shape index (κ1) is 20.4. The van der Waals surface area contributed by atoms with Crippen molar-refractivity contribution in [3.63, 3.8) is 0 Å². The Bertz CT molecular complexity index is 841. The molecule has 27 heavy (non-hydrogen) atoms. The van der Waals surface area contributed by atoms with E-state index in [0.29, 0.717) is 33.6 Å². The molecule has 0 unspecified atom stereocenters. The van der Waals surface area contributed by atoms with Gasteiger partial charge < -0.3 is 19.5 Å². The zero-order chi connectivity index (χ0) is 20.0. The highest BCUT2D eigenvalue weighted by molar-refractivity contribution is 6.32. The maximum atomic E-state index is 12.6. The van der Waals surface area contributed by atoms with Crippen LogP contribution in [0.15, 0.2) is 36.4 Å². The number of nitrogens with zero attached hydrogens (tertiary/aromatic N) is 1. The summed E-state index contributed by atoms with van der Waals surface area (Å²) in [7, 11) is 4.44. The van der Waals surface area contributed by atoms with Gasteiger partial charge in [-0.2, -0.15) is 0 Å². The number of hydrogen-bond donors (Lipinski definition) is 1. The van der Waals surface area contributed by atoms with Crippen LogP contribution in [0.3, 0.4) is 0 Å². The van der Waals surface area contributed by atoms with Gasteiger partial charge in [-0.15, -0.1) is 0 Å². The lowest BCUT2D eigenvalue weighted by Crippen LogP contribution is -2.37. The maximum absolute atomic E-state index is 12.6. The highest BCUT2D eigenvalue weighted by Gasteiger charge is 2.20. The van der Waals surface area contributed by atoms with Crippen molar-refractivity contribution in [2.45, 2.75) is 6.92 Å². The van der Waals surface area contributed by atoms with Gasteiger partial charge in [-0.25, -0.2) is 0 Å². The number of ether oxygens (including phenoxy) is 3. The van der Waals surface area contributed by atoms with Crippen LogP contribution in [0.1, 0.15) is 6.92 Å². The van der Waals surface area contributed by atoms with Crippen LogP contribution in [0.5, 0.6) is 17.2 Å². The van der Waals surface area contributed by atoms with Crippen molar-refractivity contribution in [2.24, 2.45) is 0 Å². The number of rotatable bonds is 7. The van der Waals surface area contributed by atoms with Crippen molar-refractivity contribution >= 4 is 34.8 Å². The Morgan fingerprint density at radius 1 is 1.00 bits per heavy atom. The van der Waals surface area contributed by atoms with Crippen LogP contribution in [0, 0.1) is 0 Å². The van der Waals surface area contributed by atoms with Crippen LogP contribution in [0.2, 0.25) is 5.02 Å². The standard InChI is InChI=1S/C19H21ClN2O5/c1-12(23)22(15-7-5-6-8-16(15)25-2)11-19(24)21-14-10-17(26-3)13(20)9-18(14)27-4/h5-10H,11H2,1-4H3,(H,21,24). The zero-order valence-electron chi connectivity index (χ0n) is 15.5. The van der Waals surface area contributed by atoms with Crippen molar-refractivity contribution in [1.82, 2.24) is 0 Å². The highest BCUT2D eigenvalue weighted by atomic mass is 35.5. The van der Waals surface area contributed by atoms with Crippen LogP contribution >= 0.6 is 11.6 Å². The smallest absolute Gasteiger partial charge is 0.244 e. The van der Waals surface area contributed by atoms with Crippen molar-refractivity contribution in [1.29, 1.82) is 0 Å². The van der Waals surface area contributed by atoms with E-state index in [0.717, 1.165) is 0 Å². The molecule has 0 aliphatic carbocycles. The summed E-state index contributed by atoms with van der Waals surface area (Å²) in [4.78, 5) is 26.0. The predicted octanol–water partition coefficient (Wildman–Crippen LogP) is 3.36. The van der Waals surface area contributed by atoms with Gasteiger partial charge in [0.2, 0.25) is 11.8 Å². The molecule has 8 heteroatoms. The fourth-order valence-electron chi connectivity index (χ4n) is 2.51. The number of halogens is 1. The quantitative estimate of drug-likeness (QED) is 0.781. The number of para-hydroxylation sites is 2. The first-order valence-corrected chi connectivity index (χ1v) is 8.41. The summed E-state index contributed by atoms with van der Waals surface area (Å²) in [5.74, 6) is 0.544. The average Bonchev–Trinajstić information content (AvgIpc) is 2.66. The minimum Gasteiger partial charge on any atom is -0.495 e. The van der Waals surface area contributed by atoms with E-state index in [1.807, 2.05) is 0 Å². The summed E-state index contributed by atoms with van der Waals surface area (Å²) < 4.78 is 15.7. The lowest BCUT2D eigenvalue weighted by molar-refractivity contribution is -0.120. The molecule has 7 nitrogen and oxygen atoms in total. The van der Waals surface area contributed by atoms with Crippen LogP contribution in [0.25, 0.3) is 0 Å². The molecule has 1 N–H and O–H groups in total. The van der Waals surface area contributed by atoms with Gasteiger partial charge in [-0.05, 0) is 12.1 Å². The highest BCUT2D eigenvalue weighted by Crippen LogP contribution is 2.36. The van der Waals surface area contributed by atoms with E-state index in [9.17, 15) is 9.59 Å². The van der Waals surface area contributed by atoms with Crippen LogP contribution < -0.4 is 24.4 Å². The second kappa shape index (κ2) is 9.14. The lowest BCUT2D eigenvalue weighted by Gasteiger charge is -2.23. The fourth-order valence-corrected chi connectivity index (χ4v) is 2.74. The summed E-state index contributed by atoms with van der Waals surface area (Å²) in [5.41, 5.74) is 0.885. The number of nitrogens with one attached hydrogen (secondary N) is 1. The second-order valence-corrected chi connectivity index (χ2v) is 5.92. The Morgan fingerprint density at radius 3 is 2.22 bits per heavy atom. The van der Waals surface area contributed by atoms with E-state index in [1.54, 1.807) is 36.4 Å². The van der Waals surface area contributed by atoms with E-state index in [4.69, 9.17) is 25.8 Å². The molecule has 2 aromatic rings. The molecule has 0 bridgehead atoms. The summed E-state index contributed by atoms with van der Waals surface area (Å²) >= 11 is 6.07. The molecule has 0 spiro atoms. The van der Waals surface area contributed by atoms with E-state index in [2.05, 4.69) is 5.32 Å². The first-order valence-electron chi connectivity index (χ1n) is 8.03. The molecule has 0 aliphatic rings. The minimum atomic E-state index is -0.418. The molecular formula is C19H21ClN2O5. The van der Waals surface area contributed by atoms with Gasteiger partial charge in [0.1, 0.15) is 23.8 Å². The van der Waals surface area contributed by atoms with Gasteiger partial charge in [0.25, 0.3) is 0 Å². The molecule has 0 saturated heterocycles. The van der Waals surface area contributed by atoms with Crippen molar-refractivity contribution in [3.05, 3.63) is 41.4 Å². The molecule has 0 saturated carbocycles. The number of amides is 2. The number of methoxy groups -OCH3 is 3. The molecule has 0 atom stereocenters. The van der Waals surface area contributed by atoms with E-state index >= 15 is 0 Å². The lowest BCUT2D eigenvalue weighted by atomic mass is 10.2. The van der Waals surface area contributed by atoms with Gasteiger partial charge in [-0.3, -0.25) is 14.5 Å². The summed E-state index contributed by atoms with van der Waals surface area (Å²) in [5, 5.41) is 3.07. The monoisotopic (exact) mass is 392 g/mol. The third-order valence-electron chi connectivity index (χ3n) is 3.81. The molecule has 0 radical (unpaired) electrons. The van der Waals surface area contributed by atoms with Crippen molar-refractivity contribution in [2.75, 3.05) is 38.1 Å². The second-order valence-electron chi connectivity index (χ2n) is 5.51. The maximum Gasteiger partial charge on any atom is 0.244 e.